The van der Waals surface area contributed by atoms with E-state index < -0.39 is 0 Å². The Morgan fingerprint density at radius 1 is 1.62 bits per heavy atom. The number of primary amides is 1. The van der Waals surface area contributed by atoms with E-state index in [1.165, 1.54) is 11.3 Å². The number of hydrogen-bond donors (Lipinski definition) is 2. The fraction of sp³-hybridized carbons (Fsp3) is 0.500. The third-order valence-corrected chi connectivity index (χ3v) is 2.05. The van der Waals surface area contributed by atoms with E-state index in [2.05, 4.69) is 10.2 Å². The lowest BCUT2D eigenvalue weighted by atomic mass is 10.5. The molecule has 0 aliphatic heterocycles. The number of nitrogen functional groups attached to an aromatic ring is 1. The zero-order valence-electron chi connectivity index (χ0n) is 7.23. The van der Waals surface area contributed by atoms with Crippen LogP contribution in [0.4, 0.5) is 5.13 Å². The summed E-state index contributed by atoms with van der Waals surface area (Å²) >= 11 is 1.30. The van der Waals surface area contributed by atoms with Crippen molar-refractivity contribution < 1.29 is 4.79 Å². The quantitative estimate of drug-likeness (QED) is 0.653. The second-order valence-corrected chi connectivity index (χ2v) is 3.77. The van der Waals surface area contributed by atoms with Gasteiger partial charge in [-0.2, -0.15) is 0 Å². The van der Waals surface area contributed by atoms with Crippen LogP contribution in [-0.4, -0.2) is 34.6 Å². The fourth-order valence-corrected chi connectivity index (χ4v) is 1.57. The van der Waals surface area contributed by atoms with Crippen LogP contribution >= 0.6 is 11.3 Å². The Hall–Kier alpha value is -1.21. The molecule has 0 aliphatic carbocycles. The molecule has 0 atom stereocenters. The summed E-state index contributed by atoms with van der Waals surface area (Å²) in [6.45, 7) is 0.747. The van der Waals surface area contributed by atoms with E-state index in [1.807, 2.05) is 0 Å². The lowest BCUT2D eigenvalue weighted by Crippen LogP contribution is -2.30. The summed E-state index contributed by atoms with van der Waals surface area (Å²) in [7, 11) is 1.78. The maximum Gasteiger partial charge on any atom is 0.231 e. The Balaban J connectivity index is 2.44. The molecule has 1 amide bonds. The first-order valence-electron chi connectivity index (χ1n) is 3.62. The molecule has 0 radical (unpaired) electrons. The summed E-state index contributed by atoms with van der Waals surface area (Å²) in [5.41, 5.74) is 10.4. The van der Waals surface area contributed by atoms with Gasteiger partial charge in [-0.1, -0.05) is 11.3 Å². The molecule has 0 spiro atoms. The van der Waals surface area contributed by atoms with Crippen LogP contribution in [0, 0.1) is 0 Å². The molecule has 0 saturated heterocycles. The number of carbonyl (C=O) groups is 1. The number of nitrogens with two attached hydrogens (primary N) is 2. The number of rotatable bonds is 4. The SMILES string of the molecule is CN(CC(N)=O)Cc1nnc(N)s1. The number of amides is 1. The number of nitrogens with zero attached hydrogens (tertiary/aromatic N) is 3. The van der Waals surface area contributed by atoms with Gasteiger partial charge in [0.15, 0.2) is 0 Å². The van der Waals surface area contributed by atoms with Crippen molar-refractivity contribution in [3.63, 3.8) is 0 Å². The van der Waals surface area contributed by atoms with Crippen molar-refractivity contribution in [2.45, 2.75) is 6.54 Å². The Morgan fingerprint density at radius 2 is 2.31 bits per heavy atom. The zero-order valence-corrected chi connectivity index (χ0v) is 8.04. The van der Waals surface area contributed by atoms with E-state index in [-0.39, 0.29) is 12.5 Å². The average Bonchev–Trinajstić information content (AvgIpc) is 2.33. The van der Waals surface area contributed by atoms with Crippen molar-refractivity contribution in [3.05, 3.63) is 5.01 Å². The predicted molar refractivity (Wildman–Crippen MR) is 49.8 cm³/mol. The molecule has 0 fully saturated rings. The Bertz CT molecular complexity index is 299. The molecule has 0 aliphatic rings. The van der Waals surface area contributed by atoms with Gasteiger partial charge in [-0.25, -0.2) is 0 Å². The number of carbonyl (C=O) groups excluding carboxylic acids is 1. The van der Waals surface area contributed by atoms with Crippen LogP contribution in [-0.2, 0) is 11.3 Å². The first kappa shape index (κ1) is 9.87. The van der Waals surface area contributed by atoms with E-state index in [1.54, 1.807) is 11.9 Å². The molecular weight excluding hydrogens is 190 g/mol. The fourth-order valence-electron chi connectivity index (χ4n) is 0.883. The maximum absolute atomic E-state index is 10.5. The van der Waals surface area contributed by atoms with Crippen LogP contribution in [0.1, 0.15) is 5.01 Å². The molecule has 1 rings (SSSR count). The lowest BCUT2D eigenvalue weighted by Gasteiger charge is -2.10. The standard InChI is InChI=1S/C6H11N5OS/c1-11(2-4(7)12)3-5-9-10-6(8)13-5/h2-3H2,1H3,(H2,7,12)(H2,8,10). The zero-order chi connectivity index (χ0) is 9.84. The molecule has 1 aromatic rings. The van der Waals surface area contributed by atoms with Crippen molar-refractivity contribution in [2.24, 2.45) is 5.73 Å². The minimum absolute atomic E-state index is 0.208. The van der Waals surface area contributed by atoms with Gasteiger partial charge in [0.05, 0.1) is 13.1 Å². The van der Waals surface area contributed by atoms with Crippen molar-refractivity contribution in [1.82, 2.24) is 15.1 Å². The predicted octanol–water partition coefficient (Wildman–Crippen LogP) is -0.963. The van der Waals surface area contributed by atoms with Crippen LogP contribution < -0.4 is 11.5 Å². The van der Waals surface area contributed by atoms with Gasteiger partial charge >= 0.3 is 0 Å². The topological polar surface area (TPSA) is 98.1 Å². The summed E-state index contributed by atoms with van der Waals surface area (Å²) < 4.78 is 0. The van der Waals surface area contributed by atoms with Crippen LogP contribution in [0.5, 0.6) is 0 Å². The van der Waals surface area contributed by atoms with Crippen molar-refractivity contribution in [1.29, 1.82) is 0 Å². The molecule has 0 unspecified atom stereocenters. The van der Waals surface area contributed by atoms with E-state index in [0.717, 1.165) is 5.01 Å². The van der Waals surface area contributed by atoms with E-state index in [4.69, 9.17) is 11.5 Å². The molecule has 0 bridgehead atoms. The van der Waals surface area contributed by atoms with E-state index >= 15 is 0 Å². The monoisotopic (exact) mass is 201 g/mol. The largest absolute Gasteiger partial charge is 0.374 e. The van der Waals surface area contributed by atoms with Gasteiger partial charge in [0.2, 0.25) is 11.0 Å². The summed E-state index contributed by atoms with van der Waals surface area (Å²) in [6, 6.07) is 0. The Morgan fingerprint density at radius 3 is 2.77 bits per heavy atom. The van der Waals surface area contributed by atoms with Gasteiger partial charge in [-0.05, 0) is 7.05 Å². The van der Waals surface area contributed by atoms with Gasteiger partial charge in [-0.15, -0.1) is 10.2 Å². The van der Waals surface area contributed by atoms with Crippen LogP contribution in [0.2, 0.25) is 0 Å². The molecule has 7 heteroatoms. The summed E-state index contributed by atoms with van der Waals surface area (Å²) in [5, 5.41) is 8.68. The van der Waals surface area contributed by atoms with Gasteiger partial charge in [-0.3, -0.25) is 9.69 Å². The smallest absolute Gasteiger partial charge is 0.231 e. The van der Waals surface area contributed by atoms with E-state index in [0.29, 0.717) is 11.7 Å². The van der Waals surface area contributed by atoms with Crippen LogP contribution in [0.15, 0.2) is 0 Å². The second-order valence-electron chi connectivity index (χ2n) is 2.67. The highest BCUT2D eigenvalue weighted by molar-refractivity contribution is 7.15. The first-order valence-corrected chi connectivity index (χ1v) is 4.44. The van der Waals surface area contributed by atoms with Gasteiger partial charge in [0.1, 0.15) is 5.01 Å². The molecule has 72 valence electrons. The molecule has 0 aromatic carbocycles. The van der Waals surface area contributed by atoms with Gasteiger partial charge in [0.25, 0.3) is 0 Å². The third-order valence-electron chi connectivity index (χ3n) is 1.31. The van der Waals surface area contributed by atoms with Gasteiger partial charge < -0.3 is 11.5 Å². The minimum atomic E-state index is -0.361. The van der Waals surface area contributed by atoms with E-state index in [9.17, 15) is 4.79 Å². The number of aromatic nitrogens is 2. The second kappa shape index (κ2) is 4.15. The first-order chi connectivity index (χ1) is 6.08. The highest BCUT2D eigenvalue weighted by atomic mass is 32.1. The molecule has 13 heavy (non-hydrogen) atoms. The average molecular weight is 201 g/mol. The third kappa shape index (κ3) is 3.34. The summed E-state index contributed by atoms with van der Waals surface area (Å²) in [6.07, 6.45) is 0. The highest BCUT2D eigenvalue weighted by Crippen LogP contribution is 2.12. The number of likely N-dealkylation sites (N-methyl/N-ethyl adjacent to an activating group) is 1. The minimum Gasteiger partial charge on any atom is -0.374 e. The van der Waals surface area contributed by atoms with Crippen molar-refractivity contribution in [3.8, 4) is 0 Å². The van der Waals surface area contributed by atoms with Crippen LogP contribution in [0.3, 0.4) is 0 Å². The number of hydrogen-bond acceptors (Lipinski definition) is 6. The molecule has 6 nitrogen and oxygen atoms in total. The number of anilines is 1. The molecule has 0 saturated carbocycles. The Kier molecular flexibility index (Phi) is 3.15. The molecular formula is C6H11N5OS. The Labute approximate surface area is 79.5 Å². The maximum atomic E-state index is 10.5. The van der Waals surface area contributed by atoms with Crippen LogP contribution in [0.25, 0.3) is 0 Å². The highest BCUT2D eigenvalue weighted by Gasteiger charge is 2.06. The molecule has 1 heterocycles. The molecule has 1 aromatic heterocycles. The molecule has 4 N–H and O–H groups in total. The van der Waals surface area contributed by atoms with Crippen molar-refractivity contribution >= 4 is 22.4 Å². The summed E-state index contributed by atoms with van der Waals surface area (Å²) in [4.78, 5) is 12.3. The van der Waals surface area contributed by atoms with Gasteiger partial charge in [0, 0.05) is 0 Å². The normalized spacial score (nSPS) is 10.6. The summed E-state index contributed by atoms with van der Waals surface area (Å²) in [5.74, 6) is -0.361. The van der Waals surface area contributed by atoms with Crippen molar-refractivity contribution in [2.75, 3.05) is 19.3 Å². The lowest BCUT2D eigenvalue weighted by molar-refractivity contribution is -0.118.